The number of esters is 1. The fraction of sp³-hybridized carbons (Fsp3) is 0.235. The first-order valence-corrected chi connectivity index (χ1v) is 7.22. The number of ether oxygens (including phenoxy) is 2. The van der Waals surface area contributed by atoms with Crippen LogP contribution in [0, 0.1) is 0 Å². The quantitative estimate of drug-likeness (QED) is 0.574. The highest BCUT2D eigenvalue weighted by atomic mass is 16.5. The number of aromatic nitrogens is 2. The first-order valence-electron chi connectivity index (χ1n) is 7.22. The third-order valence-corrected chi connectivity index (χ3v) is 3.33. The fourth-order valence-electron chi connectivity index (χ4n) is 2.31. The van der Waals surface area contributed by atoms with E-state index in [1.165, 1.54) is 6.92 Å². The smallest absolute Gasteiger partial charge is 0.302 e. The lowest BCUT2D eigenvalue weighted by atomic mass is 10.1. The van der Waals surface area contributed by atoms with Crippen LogP contribution < -0.4 is 4.74 Å². The standard InChI is InChI=1S/C17H16N2O4/c1-11(20)22-9-13(21)10-23-15-8-12-4-2-6-18-16(12)17-14(15)5-3-7-19-17/h2-8,13,21H,9-10H2,1H3. The van der Waals surface area contributed by atoms with Gasteiger partial charge in [-0.05, 0) is 24.3 Å². The van der Waals surface area contributed by atoms with Gasteiger partial charge in [0, 0.05) is 30.1 Å². The van der Waals surface area contributed by atoms with Crippen molar-refractivity contribution >= 4 is 27.8 Å². The molecule has 6 heteroatoms. The number of benzene rings is 1. The SMILES string of the molecule is CC(=O)OCC(O)COc1cc2cccnc2c2ncccc12. The predicted octanol–water partition coefficient (Wildman–Crippen LogP) is 2.09. The highest BCUT2D eigenvalue weighted by molar-refractivity contribution is 6.05. The van der Waals surface area contributed by atoms with E-state index in [1.807, 2.05) is 30.3 Å². The van der Waals surface area contributed by atoms with Gasteiger partial charge in [-0.1, -0.05) is 6.07 Å². The van der Waals surface area contributed by atoms with E-state index in [2.05, 4.69) is 9.97 Å². The average Bonchev–Trinajstić information content (AvgIpc) is 2.58. The molecule has 1 unspecified atom stereocenters. The van der Waals surface area contributed by atoms with Gasteiger partial charge in [0.2, 0.25) is 0 Å². The molecule has 0 bridgehead atoms. The zero-order valence-corrected chi connectivity index (χ0v) is 12.6. The largest absolute Gasteiger partial charge is 0.490 e. The molecule has 0 saturated carbocycles. The molecule has 3 aromatic rings. The first-order chi connectivity index (χ1) is 11.1. The number of pyridine rings is 2. The van der Waals surface area contributed by atoms with E-state index in [0.29, 0.717) is 5.75 Å². The normalized spacial score (nSPS) is 12.3. The molecular formula is C17H16N2O4. The summed E-state index contributed by atoms with van der Waals surface area (Å²) in [4.78, 5) is 19.5. The Balaban J connectivity index is 1.89. The Morgan fingerprint density at radius 3 is 2.70 bits per heavy atom. The zero-order valence-electron chi connectivity index (χ0n) is 12.6. The van der Waals surface area contributed by atoms with Gasteiger partial charge in [0.15, 0.2) is 0 Å². The number of fused-ring (bicyclic) bond motifs is 3. The van der Waals surface area contributed by atoms with Gasteiger partial charge in [0.1, 0.15) is 30.6 Å². The number of hydrogen-bond acceptors (Lipinski definition) is 6. The lowest BCUT2D eigenvalue weighted by Gasteiger charge is -2.14. The van der Waals surface area contributed by atoms with Crippen molar-refractivity contribution in [3.63, 3.8) is 0 Å². The van der Waals surface area contributed by atoms with Gasteiger partial charge in [0.05, 0.1) is 5.52 Å². The zero-order chi connectivity index (χ0) is 16.2. The first kappa shape index (κ1) is 15.2. The number of hydrogen-bond donors (Lipinski definition) is 1. The van der Waals surface area contributed by atoms with E-state index in [0.717, 1.165) is 21.8 Å². The third-order valence-electron chi connectivity index (χ3n) is 3.33. The molecule has 3 rings (SSSR count). The van der Waals surface area contributed by atoms with Crippen molar-refractivity contribution in [1.82, 2.24) is 9.97 Å². The van der Waals surface area contributed by atoms with Crippen LogP contribution in [0.3, 0.4) is 0 Å². The van der Waals surface area contributed by atoms with Crippen LogP contribution in [-0.2, 0) is 9.53 Å². The second-order valence-electron chi connectivity index (χ2n) is 5.12. The van der Waals surface area contributed by atoms with Crippen molar-refractivity contribution in [1.29, 1.82) is 0 Å². The van der Waals surface area contributed by atoms with E-state index >= 15 is 0 Å². The van der Waals surface area contributed by atoms with Gasteiger partial charge in [-0.25, -0.2) is 0 Å². The van der Waals surface area contributed by atoms with Gasteiger partial charge in [-0.15, -0.1) is 0 Å². The number of aliphatic hydroxyl groups is 1. The van der Waals surface area contributed by atoms with Crippen LogP contribution in [0.4, 0.5) is 0 Å². The summed E-state index contributed by atoms with van der Waals surface area (Å²) < 4.78 is 10.5. The molecule has 118 valence electrons. The van der Waals surface area contributed by atoms with Crippen LogP contribution in [0.5, 0.6) is 5.75 Å². The second kappa shape index (κ2) is 6.58. The topological polar surface area (TPSA) is 81.5 Å². The van der Waals surface area contributed by atoms with Crippen LogP contribution in [0.15, 0.2) is 42.7 Å². The van der Waals surface area contributed by atoms with Crippen LogP contribution in [0.1, 0.15) is 6.92 Å². The molecule has 0 aliphatic rings. The van der Waals surface area contributed by atoms with Gasteiger partial charge in [0.25, 0.3) is 0 Å². The van der Waals surface area contributed by atoms with Gasteiger partial charge in [-0.3, -0.25) is 14.8 Å². The van der Waals surface area contributed by atoms with E-state index in [-0.39, 0.29) is 13.2 Å². The van der Waals surface area contributed by atoms with Crippen LogP contribution >= 0.6 is 0 Å². The summed E-state index contributed by atoms with van der Waals surface area (Å²) in [7, 11) is 0. The van der Waals surface area contributed by atoms with E-state index in [4.69, 9.17) is 9.47 Å². The Morgan fingerprint density at radius 2 is 1.91 bits per heavy atom. The van der Waals surface area contributed by atoms with Crippen molar-refractivity contribution in [2.24, 2.45) is 0 Å². The lowest BCUT2D eigenvalue weighted by Crippen LogP contribution is -2.24. The maximum absolute atomic E-state index is 10.8. The number of aliphatic hydroxyl groups excluding tert-OH is 1. The summed E-state index contributed by atoms with van der Waals surface area (Å²) in [6, 6.07) is 9.35. The van der Waals surface area contributed by atoms with Crippen LogP contribution in [0.2, 0.25) is 0 Å². The molecule has 1 N–H and O–H groups in total. The summed E-state index contributed by atoms with van der Waals surface area (Å²) in [6.45, 7) is 1.22. The Hall–Kier alpha value is -2.73. The monoisotopic (exact) mass is 312 g/mol. The summed E-state index contributed by atoms with van der Waals surface area (Å²) in [5.41, 5.74) is 1.55. The summed E-state index contributed by atoms with van der Waals surface area (Å²) in [6.07, 6.45) is 2.53. The van der Waals surface area contributed by atoms with Crippen LogP contribution in [-0.4, -0.2) is 40.4 Å². The minimum absolute atomic E-state index is 0.0169. The molecule has 6 nitrogen and oxygen atoms in total. The molecule has 0 saturated heterocycles. The maximum atomic E-state index is 10.8. The van der Waals surface area contributed by atoms with Crippen molar-refractivity contribution in [2.45, 2.75) is 13.0 Å². The highest BCUT2D eigenvalue weighted by Crippen LogP contribution is 2.30. The van der Waals surface area contributed by atoms with E-state index in [9.17, 15) is 9.90 Å². The van der Waals surface area contributed by atoms with Gasteiger partial charge >= 0.3 is 5.97 Å². The predicted molar refractivity (Wildman–Crippen MR) is 85.2 cm³/mol. The molecule has 1 atom stereocenters. The summed E-state index contributed by atoms with van der Waals surface area (Å²) >= 11 is 0. The molecule has 0 aliphatic carbocycles. The van der Waals surface area contributed by atoms with E-state index < -0.39 is 12.1 Å². The molecule has 1 aromatic carbocycles. The highest BCUT2D eigenvalue weighted by Gasteiger charge is 2.12. The Labute approximate surface area is 132 Å². The van der Waals surface area contributed by atoms with Crippen molar-refractivity contribution in [3.05, 3.63) is 42.7 Å². The number of carbonyl (C=O) groups excluding carboxylic acids is 1. The summed E-state index contributed by atoms with van der Waals surface area (Å²) in [5.74, 6) is 0.172. The molecule has 23 heavy (non-hydrogen) atoms. The minimum Gasteiger partial charge on any atom is -0.490 e. The molecule has 2 aromatic heterocycles. The maximum Gasteiger partial charge on any atom is 0.302 e. The Bertz CT molecular complexity index is 850. The fourth-order valence-corrected chi connectivity index (χ4v) is 2.31. The lowest BCUT2D eigenvalue weighted by molar-refractivity contribution is -0.144. The Kier molecular flexibility index (Phi) is 4.34. The minimum atomic E-state index is -0.893. The molecular weight excluding hydrogens is 296 g/mol. The Morgan fingerprint density at radius 1 is 1.17 bits per heavy atom. The van der Waals surface area contributed by atoms with E-state index in [1.54, 1.807) is 12.4 Å². The van der Waals surface area contributed by atoms with Crippen molar-refractivity contribution < 1.29 is 19.4 Å². The number of rotatable bonds is 5. The van der Waals surface area contributed by atoms with Gasteiger partial charge in [-0.2, -0.15) is 0 Å². The van der Waals surface area contributed by atoms with Crippen LogP contribution in [0.25, 0.3) is 21.8 Å². The molecule has 2 heterocycles. The number of nitrogens with zero attached hydrogens (tertiary/aromatic N) is 2. The molecule has 0 radical (unpaired) electrons. The molecule has 0 fully saturated rings. The molecule has 0 aliphatic heterocycles. The van der Waals surface area contributed by atoms with Crippen molar-refractivity contribution in [2.75, 3.05) is 13.2 Å². The number of carbonyl (C=O) groups is 1. The second-order valence-corrected chi connectivity index (χ2v) is 5.12. The average molecular weight is 312 g/mol. The summed E-state index contributed by atoms with van der Waals surface area (Å²) in [5, 5.41) is 11.5. The molecule has 0 spiro atoms. The van der Waals surface area contributed by atoms with Crippen molar-refractivity contribution in [3.8, 4) is 5.75 Å². The van der Waals surface area contributed by atoms with Gasteiger partial charge < -0.3 is 14.6 Å². The third kappa shape index (κ3) is 3.37. The molecule has 0 amide bonds.